The molecule has 3 aromatic carbocycles. The van der Waals surface area contributed by atoms with Crippen LogP contribution in [0.2, 0.25) is 0 Å². The van der Waals surface area contributed by atoms with E-state index >= 15 is 0 Å². The van der Waals surface area contributed by atoms with Crippen LogP contribution in [0, 0.1) is 0 Å². The summed E-state index contributed by atoms with van der Waals surface area (Å²) >= 11 is 0. The Bertz CT molecular complexity index is 1410. The molecule has 0 saturated heterocycles. The first kappa shape index (κ1) is 25.7. The van der Waals surface area contributed by atoms with Crippen molar-refractivity contribution in [2.75, 3.05) is 30.4 Å². The summed E-state index contributed by atoms with van der Waals surface area (Å²) in [5.41, 5.74) is 1.06. The molecule has 11 heteroatoms. The molecule has 1 heterocycles. The first-order valence-corrected chi connectivity index (χ1v) is 12.8. The van der Waals surface area contributed by atoms with Gasteiger partial charge in [0.2, 0.25) is 10.0 Å². The Hall–Kier alpha value is -4.38. The minimum absolute atomic E-state index is 0.0164. The highest BCUT2D eigenvalue weighted by Crippen LogP contribution is 2.36. The number of nitrogens with zero attached hydrogens (tertiary/aromatic N) is 1. The molecule has 0 aliphatic carbocycles. The number of carbonyl (C=O) groups excluding carboxylic acids is 3. The molecule has 1 amide bonds. The molecule has 0 radical (unpaired) electrons. The molecule has 0 bridgehead atoms. The second-order valence-corrected chi connectivity index (χ2v) is 10.0. The van der Waals surface area contributed by atoms with Gasteiger partial charge in [0.15, 0.2) is 6.10 Å². The quantitative estimate of drug-likeness (QED) is 0.467. The van der Waals surface area contributed by atoms with E-state index in [4.69, 9.17) is 14.2 Å². The van der Waals surface area contributed by atoms with E-state index < -0.39 is 34.0 Å². The van der Waals surface area contributed by atoms with E-state index in [2.05, 4.69) is 5.32 Å². The van der Waals surface area contributed by atoms with Gasteiger partial charge in [-0.1, -0.05) is 42.5 Å². The number of rotatable bonds is 7. The summed E-state index contributed by atoms with van der Waals surface area (Å²) in [6.45, 7) is -0.279. The molecular formula is C26H24N2O8S. The van der Waals surface area contributed by atoms with Crippen LogP contribution in [0.15, 0.2) is 72.8 Å². The molecular weight excluding hydrogens is 500 g/mol. The first-order valence-electron chi connectivity index (χ1n) is 11.1. The second kappa shape index (κ2) is 10.7. The summed E-state index contributed by atoms with van der Waals surface area (Å²) in [5, 5.41) is 2.60. The van der Waals surface area contributed by atoms with Crippen LogP contribution < -0.4 is 14.4 Å². The van der Waals surface area contributed by atoms with E-state index in [1.807, 2.05) is 0 Å². The van der Waals surface area contributed by atoms with Crippen LogP contribution in [0.25, 0.3) is 0 Å². The third-order valence-corrected chi connectivity index (χ3v) is 7.31. The lowest BCUT2D eigenvalue weighted by molar-refractivity contribution is -0.122. The highest BCUT2D eigenvalue weighted by atomic mass is 32.2. The highest BCUT2D eigenvalue weighted by molar-refractivity contribution is 7.92. The Kier molecular flexibility index (Phi) is 7.44. The lowest BCUT2D eigenvalue weighted by atomic mass is 10.1. The van der Waals surface area contributed by atoms with E-state index in [0.717, 1.165) is 4.31 Å². The smallest absolute Gasteiger partial charge is 0.337 e. The van der Waals surface area contributed by atoms with Gasteiger partial charge in [0.1, 0.15) is 5.75 Å². The van der Waals surface area contributed by atoms with Gasteiger partial charge in [0, 0.05) is 5.69 Å². The molecule has 37 heavy (non-hydrogen) atoms. The number of sulfonamides is 1. The second-order valence-electron chi connectivity index (χ2n) is 8.12. The van der Waals surface area contributed by atoms with Gasteiger partial charge < -0.3 is 19.5 Å². The molecule has 10 nitrogen and oxygen atoms in total. The summed E-state index contributed by atoms with van der Waals surface area (Å²) in [5.74, 6) is -2.15. The molecule has 1 atom stereocenters. The molecule has 0 unspecified atom stereocenters. The van der Waals surface area contributed by atoms with Gasteiger partial charge in [-0.05, 0) is 35.9 Å². The molecule has 3 aromatic rings. The molecule has 0 fully saturated rings. The zero-order chi connectivity index (χ0) is 26.6. The van der Waals surface area contributed by atoms with E-state index in [1.54, 1.807) is 54.6 Å². The van der Waals surface area contributed by atoms with Crippen LogP contribution in [-0.2, 0) is 30.0 Å². The minimum Gasteiger partial charge on any atom is -0.476 e. The van der Waals surface area contributed by atoms with E-state index in [1.165, 1.54) is 32.4 Å². The molecule has 192 valence electrons. The van der Waals surface area contributed by atoms with Gasteiger partial charge >= 0.3 is 11.9 Å². The Balaban J connectivity index is 1.62. The van der Waals surface area contributed by atoms with Crippen molar-refractivity contribution in [2.45, 2.75) is 11.9 Å². The van der Waals surface area contributed by atoms with Gasteiger partial charge in [-0.2, -0.15) is 0 Å². The fourth-order valence-corrected chi connectivity index (χ4v) is 5.44. The monoisotopic (exact) mass is 524 g/mol. The standard InChI is InChI=1S/C26H24N2O8S/c1-34-25(30)18-12-19(26(31)35-2)14-20(13-18)27-24(29)23-15-28(21-10-6-7-11-22(21)36-23)37(32,33)16-17-8-4-3-5-9-17/h3-14,23H,15-16H2,1-2H3,(H,27,29)/t23-/m0/s1. The topological polar surface area (TPSA) is 128 Å². The zero-order valence-corrected chi connectivity index (χ0v) is 20.9. The van der Waals surface area contributed by atoms with Crippen molar-refractivity contribution >= 4 is 39.2 Å². The predicted octanol–water partition coefficient (Wildman–Crippen LogP) is 3.00. The molecule has 1 aliphatic rings. The molecule has 1 N–H and O–H groups in total. The van der Waals surface area contributed by atoms with Crippen LogP contribution in [0.1, 0.15) is 26.3 Å². The zero-order valence-electron chi connectivity index (χ0n) is 20.0. The molecule has 0 spiro atoms. The third kappa shape index (κ3) is 5.72. The molecule has 0 aromatic heterocycles. The number of methoxy groups -OCH3 is 2. The SMILES string of the molecule is COC(=O)c1cc(NC(=O)[C@@H]2CN(S(=O)(=O)Cc3ccccc3)c3ccccc3O2)cc(C(=O)OC)c1. The number of fused-ring (bicyclic) bond motifs is 1. The van der Waals surface area contributed by atoms with Crippen LogP contribution >= 0.6 is 0 Å². The van der Waals surface area contributed by atoms with Gasteiger partial charge in [-0.15, -0.1) is 0 Å². The Morgan fingerprint density at radius 2 is 1.51 bits per heavy atom. The highest BCUT2D eigenvalue weighted by Gasteiger charge is 2.37. The maximum absolute atomic E-state index is 13.4. The maximum atomic E-state index is 13.4. The molecule has 4 rings (SSSR count). The number of ether oxygens (including phenoxy) is 3. The summed E-state index contributed by atoms with van der Waals surface area (Å²) in [7, 11) is -1.51. The molecule has 1 aliphatic heterocycles. The first-order chi connectivity index (χ1) is 17.7. The number of nitrogens with one attached hydrogen (secondary N) is 1. The Morgan fingerprint density at radius 1 is 0.919 bits per heavy atom. The normalized spacial score (nSPS) is 14.6. The number of hydrogen-bond acceptors (Lipinski definition) is 8. The number of anilines is 2. The average molecular weight is 525 g/mol. The maximum Gasteiger partial charge on any atom is 0.337 e. The number of hydrogen-bond donors (Lipinski definition) is 1. The lowest BCUT2D eigenvalue weighted by Crippen LogP contribution is -2.49. The third-order valence-electron chi connectivity index (χ3n) is 5.60. The lowest BCUT2D eigenvalue weighted by Gasteiger charge is -2.34. The van der Waals surface area contributed by atoms with Crippen molar-refractivity contribution in [2.24, 2.45) is 0 Å². The van der Waals surface area contributed by atoms with E-state index in [0.29, 0.717) is 11.3 Å². The number of benzene rings is 3. The number of para-hydroxylation sites is 2. The Labute approximate surface area is 213 Å². The van der Waals surface area contributed by atoms with Crippen molar-refractivity contribution in [3.05, 3.63) is 89.5 Å². The fraction of sp³-hybridized carbons (Fsp3) is 0.192. The number of amides is 1. The molecule has 0 saturated carbocycles. The summed E-state index contributed by atoms with van der Waals surface area (Å²) in [6.07, 6.45) is -1.22. The summed E-state index contributed by atoms with van der Waals surface area (Å²) in [4.78, 5) is 37.4. The number of carbonyl (C=O) groups is 3. The van der Waals surface area contributed by atoms with Crippen molar-refractivity contribution in [1.82, 2.24) is 0 Å². The van der Waals surface area contributed by atoms with Gasteiger partial charge in [-0.25, -0.2) is 18.0 Å². The van der Waals surface area contributed by atoms with Crippen LogP contribution in [0.3, 0.4) is 0 Å². The van der Waals surface area contributed by atoms with Crippen LogP contribution in [0.5, 0.6) is 5.75 Å². The predicted molar refractivity (Wildman–Crippen MR) is 135 cm³/mol. The largest absolute Gasteiger partial charge is 0.476 e. The average Bonchev–Trinajstić information content (AvgIpc) is 2.91. The van der Waals surface area contributed by atoms with E-state index in [9.17, 15) is 22.8 Å². The fourth-order valence-electron chi connectivity index (χ4n) is 3.86. The van der Waals surface area contributed by atoms with Crippen LogP contribution in [-0.4, -0.2) is 53.1 Å². The van der Waals surface area contributed by atoms with Gasteiger partial charge in [-0.3, -0.25) is 9.10 Å². The van der Waals surface area contributed by atoms with Gasteiger partial charge in [0.05, 0.1) is 43.3 Å². The van der Waals surface area contributed by atoms with E-state index in [-0.39, 0.29) is 34.9 Å². The summed E-state index contributed by atoms with van der Waals surface area (Å²) in [6, 6.07) is 19.2. The Morgan fingerprint density at radius 3 is 2.14 bits per heavy atom. The van der Waals surface area contributed by atoms with Crippen molar-refractivity contribution < 1.29 is 37.0 Å². The van der Waals surface area contributed by atoms with Crippen molar-refractivity contribution in [3.63, 3.8) is 0 Å². The minimum atomic E-state index is -3.88. The summed E-state index contributed by atoms with van der Waals surface area (Å²) < 4.78 is 43.2. The number of esters is 2. The van der Waals surface area contributed by atoms with Crippen LogP contribution in [0.4, 0.5) is 11.4 Å². The van der Waals surface area contributed by atoms with Crippen molar-refractivity contribution in [1.29, 1.82) is 0 Å². The van der Waals surface area contributed by atoms with Crippen molar-refractivity contribution in [3.8, 4) is 5.75 Å². The van der Waals surface area contributed by atoms with Gasteiger partial charge in [0.25, 0.3) is 5.91 Å².